The molecule has 6 nitrogen and oxygen atoms in total. The number of hydrogen-bond acceptors (Lipinski definition) is 4. The van der Waals surface area contributed by atoms with Gasteiger partial charge >= 0.3 is 6.03 Å². The van der Waals surface area contributed by atoms with Gasteiger partial charge in [-0.3, -0.25) is 0 Å². The first-order valence-corrected chi connectivity index (χ1v) is 9.78. The lowest BCUT2D eigenvalue weighted by atomic mass is 10.0. The third-order valence-electron chi connectivity index (χ3n) is 5.49. The molecule has 2 aromatic carbocycles. The third-order valence-corrected chi connectivity index (χ3v) is 5.49. The number of carbonyl (C=O) groups is 1. The molecule has 2 amide bonds. The minimum absolute atomic E-state index is 0.101. The molecule has 2 fully saturated rings. The maximum absolute atomic E-state index is 12.2. The molecule has 1 aliphatic heterocycles. The van der Waals surface area contributed by atoms with Crippen LogP contribution < -0.4 is 5.32 Å². The highest BCUT2D eigenvalue weighted by atomic mass is 16.2. The molecule has 3 aromatic rings. The minimum atomic E-state index is 0.101. The summed E-state index contributed by atoms with van der Waals surface area (Å²) in [5, 5.41) is 4.56. The first-order valence-electron chi connectivity index (χ1n) is 9.78. The van der Waals surface area contributed by atoms with Crippen molar-refractivity contribution >= 4 is 22.8 Å². The van der Waals surface area contributed by atoms with E-state index in [2.05, 4.69) is 57.7 Å². The fourth-order valence-electron chi connectivity index (χ4n) is 3.69. The maximum atomic E-state index is 12.2. The Kier molecular flexibility index (Phi) is 4.11. The number of urea groups is 1. The van der Waals surface area contributed by atoms with E-state index in [4.69, 9.17) is 0 Å². The SMILES string of the molecule is CN1CCN(Cc2cccc(-c3ccc4ncnc(NC5CC5)c4c3)c2)C1=O. The molecule has 0 radical (unpaired) electrons. The Morgan fingerprint density at radius 3 is 2.71 bits per heavy atom. The molecular formula is C22H23N5O. The predicted molar refractivity (Wildman–Crippen MR) is 110 cm³/mol. The summed E-state index contributed by atoms with van der Waals surface area (Å²) in [6.07, 6.45) is 4.03. The van der Waals surface area contributed by atoms with Crippen LogP contribution >= 0.6 is 0 Å². The smallest absolute Gasteiger partial charge is 0.320 e. The van der Waals surface area contributed by atoms with Crippen molar-refractivity contribution in [1.29, 1.82) is 0 Å². The van der Waals surface area contributed by atoms with Gasteiger partial charge in [-0.1, -0.05) is 24.3 Å². The maximum Gasteiger partial charge on any atom is 0.320 e. The van der Waals surface area contributed by atoms with Crippen LogP contribution in [0.4, 0.5) is 10.6 Å². The van der Waals surface area contributed by atoms with Crippen molar-refractivity contribution in [1.82, 2.24) is 19.8 Å². The number of nitrogens with zero attached hydrogens (tertiary/aromatic N) is 4. The Hall–Kier alpha value is -3.15. The van der Waals surface area contributed by atoms with Crippen molar-refractivity contribution in [3.63, 3.8) is 0 Å². The molecule has 0 atom stereocenters. The van der Waals surface area contributed by atoms with Crippen molar-refractivity contribution in [2.24, 2.45) is 0 Å². The van der Waals surface area contributed by atoms with E-state index in [0.717, 1.165) is 46.5 Å². The van der Waals surface area contributed by atoms with Gasteiger partial charge in [0.2, 0.25) is 0 Å². The number of rotatable bonds is 5. The number of amides is 2. The van der Waals surface area contributed by atoms with E-state index in [9.17, 15) is 4.79 Å². The van der Waals surface area contributed by atoms with E-state index in [1.165, 1.54) is 12.8 Å². The van der Waals surface area contributed by atoms with Gasteiger partial charge in [0.15, 0.2) is 0 Å². The van der Waals surface area contributed by atoms with Crippen molar-refractivity contribution in [3.8, 4) is 11.1 Å². The molecule has 5 rings (SSSR count). The zero-order valence-corrected chi connectivity index (χ0v) is 15.9. The first kappa shape index (κ1) is 17.0. The van der Waals surface area contributed by atoms with Crippen molar-refractivity contribution in [2.45, 2.75) is 25.4 Å². The lowest BCUT2D eigenvalue weighted by molar-refractivity contribution is 0.197. The van der Waals surface area contributed by atoms with Crippen LogP contribution in [0.5, 0.6) is 0 Å². The molecule has 0 bridgehead atoms. The van der Waals surface area contributed by atoms with Crippen LogP contribution in [0.3, 0.4) is 0 Å². The summed E-state index contributed by atoms with van der Waals surface area (Å²) in [6, 6.07) is 15.4. The van der Waals surface area contributed by atoms with Gasteiger partial charge in [-0.05, 0) is 47.7 Å². The first-order chi connectivity index (χ1) is 13.7. The van der Waals surface area contributed by atoms with E-state index < -0.39 is 0 Å². The van der Waals surface area contributed by atoms with Gasteiger partial charge in [-0.15, -0.1) is 0 Å². The highest BCUT2D eigenvalue weighted by Gasteiger charge is 2.25. The minimum Gasteiger partial charge on any atom is -0.367 e. The Morgan fingerprint density at radius 1 is 1.07 bits per heavy atom. The molecule has 1 N–H and O–H groups in total. The van der Waals surface area contributed by atoms with Gasteiger partial charge in [0.1, 0.15) is 12.1 Å². The summed E-state index contributed by atoms with van der Waals surface area (Å²) in [7, 11) is 1.85. The monoisotopic (exact) mass is 373 g/mol. The lowest BCUT2D eigenvalue weighted by Gasteiger charge is -2.16. The summed E-state index contributed by atoms with van der Waals surface area (Å²) in [5.74, 6) is 0.913. The number of benzene rings is 2. The van der Waals surface area contributed by atoms with Gasteiger partial charge in [0.25, 0.3) is 0 Å². The van der Waals surface area contributed by atoms with Crippen LogP contribution in [0.2, 0.25) is 0 Å². The number of carbonyl (C=O) groups excluding carboxylic acids is 1. The summed E-state index contributed by atoms with van der Waals surface area (Å²) in [4.78, 5) is 24.7. The number of anilines is 1. The summed E-state index contributed by atoms with van der Waals surface area (Å²) in [6.45, 7) is 2.21. The van der Waals surface area contributed by atoms with E-state index in [1.807, 2.05) is 11.9 Å². The van der Waals surface area contributed by atoms with Crippen LogP contribution in [0.25, 0.3) is 22.0 Å². The molecule has 1 saturated carbocycles. The lowest BCUT2D eigenvalue weighted by Crippen LogP contribution is -2.28. The molecule has 2 heterocycles. The normalized spacial score (nSPS) is 16.8. The summed E-state index contributed by atoms with van der Waals surface area (Å²) in [5.41, 5.74) is 4.36. The van der Waals surface area contributed by atoms with Gasteiger partial charge in [-0.25, -0.2) is 14.8 Å². The molecule has 0 unspecified atom stereocenters. The molecule has 0 spiro atoms. The highest BCUT2D eigenvalue weighted by molar-refractivity contribution is 5.92. The van der Waals surface area contributed by atoms with Crippen LogP contribution in [0, 0.1) is 0 Å². The Morgan fingerprint density at radius 2 is 1.93 bits per heavy atom. The molecule has 1 saturated heterocycles. The zero-order valence-electron chi connectivity index (χ0n) is 15.9. The molecule has 1 aromatic heterocycles. The van der Waals surface area contributed by atoms with Crippen LogP contribution in [0.1, 0.15) is 18.4 Å². The Balaban J connectivity index is 1.45. The second kappa shape index (κ2) is 6.78. The number of aromatic nitrogens is 2. The number of hydrogen-bond donors (Lipinski definition) is 1. The number of fused-ring (bicyclic) bond motifs is 1. The fraction of sp³-hybridized carbons (Fsp3) is 0.318. The third kappa shape index (κ3) is 3.26. The van der Waals surface area contributed by atoms with Gasteiger partial charge in [0, 0.05) is 38.1 Å². The quantitative estimate of drug-likeness (QED) is 0.740. The second-order valence-electron chi connectivity index (χ2n) is 7.70. The number of nitrogens with one attached hydrogen (secondary N) is 1. The molecular weight excluding hydrogens is 350 g/mol. The topological polar surface area (TPSA) is 61.4 Å². The van der Waals surface area contributed by atoms with Crippen LogP contribution in [0.15, 0.2) is 48.8 Å². The molecule has 28 heavy (non-hydrogen) atoms. The van der Waals surface area contributed by atoms with Crippen LogP contribution in [-0.4, -0.2) is 52.0 Å². The Labute approximate surface area is 164 Å². The van der Waals surface area contributed by atoms with E-state index >= 15 is 0 Å². The van der Waals surface area contributed by atoms with E-state index in [1.54, 1.807) is 11.2 Å². The average molecular weight is 373 g/mol. The van der Waals surface area contributed by atoms with Gasteiger partial charge in [-0.2, -0.15) is 0 Å². The summed E-state index contributed by atoms with van der Waals surface area (Å²) < 4.78 is 0. The highest BCUT2D eigenvalue weighted by Crippen LogP contribution is 2.31. The van der Waals surface area contributed by atoms with Crippen LogP contribution in [-0.2, 0) is 6.54 Å². The van der Waals surface area contributed by atoms with E-state index in [0.29, 0.717) is 12.6 Å². The summed E-state index contributed by atoms with van der Waals surface area (Å²) >= 11 is 0. The molecule has 2 aliphatic rings. The van der Waals surface area contributed by atoms with Gasteiger partial charge in [0.05, 0.1) is 5.52 Å². The predicted octanol–water partition coefficient (Wildman–Crippen LogP) is 3.74. The second-order valence-corrected chi connectivity index (χ2v) is 7.70. The molecule has 1 aliphatic carbocycles. The molecule has 6 heteroatoms. The zero-order chi connectivity index (χ0) is 19.1. The fourth-order valence-corrected chi connectivity index (χ4v) is 3.69. The van der Waals surface area contributed by atoms with Crippen molar-refractivity contribution < 1.29 is 4.79 Å². The average Bonchev–Trinajstić information content (AvgIpc) is 3.49. The Bertz CT molecular complexity index is 1050. The van der Waals surface area contributed by atoms with Crippen molar-refractivity contribution in [2.75, 3.05) is 25.5 Å². The standard InChI is InChI=1S/C22H23N5O/c1-26-9-10-27(22(26)28)13-15-3-2-4-16(11-15)17-5-8-20-19(12-17)21(24-14-23-20)25-18-6-7-18/h2-5,8,11-12,14,18H,6-7,9-10,13H2,1H3,(H,23,24,25). The van der Waals surface area contributed by atoms with E-state index in [-0.39, 0.29) is 6.03 Å². The van der Waals surface area contributed by atoms with Gasteiger partial charge < -0.3 is 15.1 Å². The molecule has 142 valence electrons. The number of likely N-dealkylation sites (N-methyl/N-ethyl adjacent to an activating group) is 1. The largest absolute Gasteiger partial charge is 0.367 e. The van der Waals surface area contributed by atoms with Crippen molar-refractivity contribution in [3.05, 3.63) is 54.4 Å².